The van der Waals surface area contributed by atoms with Crippen molar-refractivity contribution in [2.75, 3.05) is 20.3 Å². The van der Waals surface area contributed by atoms with Crippen LogP contribution in [0, 0.1) is 27.7 Å². The van der Waals surface area contributed by atoms with E-state index in [1.54, 1.807) is 25.3 Å². The van der Waals surface area contributed by atoms with Crippen molar-refractivity contribution in [3.05, 3.63) is 58.2 Å². The summed E-state index contributed by atoms with van der Waals surface area (Å²) in [6.07, 6.45) is 0. The molecule has 0 aliphatic heterocycles. The lowest BCUT2D eigenvalue weighted by Crippen LogP contribution is -2.17. The third kappa shape index (κ3) is 4.26. The normalized spacial score (nSPS) is 12.2. The first-order chi connectivity index (χ1) is 14.2. The van der Waals surface area contributed by atoms with Gasteiger partial charge in [-0.25, -0.2) is 14.8 Å². The third-order valence-corrected chi connectivity index (χ3v) is 5.28. The topological polar surface area (TPSA) is 83.3 Å². The van der Waals surface area contributed by atoms with Crippen molar-refractivity contribution in [1.29, 1.82) is 0 Å². The van der Waals surface area contributed by atoms with Crippen LogP contribution in [0.3, 0.4) is 0 Å². The maximum Gasteiger partial charge on any atom is 0.338 e. The SMILES string of the molecule is COC[C@H](C)n1c(C)cc(C(=O)COC(=O)c2ccc3nc(C)c(C)nc3c2)c1C. The number of carbonyl (C=O) groups is 2. The van der Waals surface area contributed by atoms with Gasteiger partial charge in [0.05, 0.1) is 40.6 Å². The Morgan fingerprint density at radius 1 is 1.03 bits per heavy atom. The largest absolute Gasteiger partial charge is 0.454 e. The summed E-state index contributed by atoms with van der Waals surface area (Å²) in [6.45, 7) is 9.85. The molecule has 30 heavy (non-hydrogen) atoms. The van der Waals surface area contributed by atoms with Crippen molar-refractivity contribution in [2.24, 2.45) is 0 Å². The second-order valence-corrected chi connectivity index (χ2v) is 7.56. The Hall–Kier alpha value is -3.06. The number of carbonyl (C=O) groups excluding carboxylic acids is 2. The van der Waals surface area contributed by atoms with E-state index in [4.69, 9.17) is 9.47 Å². The molecule has 0 radical (unpaired) electrons. The summed E-state index contributed by atoms with van der Waals surface area (Å²) in [5.41, 5.74) is 5.68. The summed E-state index contributed by atoms with van der Waals surface area (Å²) in [7, 11) is 1.65. The Kier molecular flexibility index (Phi) is 6.31. The molecule has 2 aromatic heterocycles. The van der Waals surface area contributed by atoms with E-state index in [1.165, 1.54) is 0 Å². The van der Waals surface area contributed by atoms with Gasteiger partial charge in [-0.15, -0.1) is 0 Å². The zero-order valence-corrected chi connectivity index (χ0v) is 18.3. The highest BCUT2D eigenvalue weighted by molar-refractivity contribution is 6.01. The molecule has 0 aliphatic carbocycles. The second-order valence-electron chi connectivity index (χ2n) is 7.56. The summed E-state index contributed by atoms with van der Waals surface area (Å²) < 4.78 is 12.6. The third-order valence-electron chi connectivity index (χ3n) is 5.28. The average molecular weight is 409 g/mol. The molecule has 0 fully saturated rings. The van der Waals surface area contributed by atoms with Gasteiger partial charge in [-0.1, -0.05) is 0 Å². The van der Waals surface area contributed by atoms with Gasteiger partial charge in [-0.3, -0.25) is 4.79 Å². The van der Waals surface area contributed by atoms with Gasteiger partial charge in [0.25, 0.3) is 0 Å². The minimum Gasteiger partial charge on any atom is -0.454 e. The number of fused-ring (bicyclic) bond motifs is 1. The van der Waals surface area contributed by atoms with Gasteiger partial charge in [0, 0.05) is 24.1 Å². The van der Waals surface area contributed by atoms with Crippen LogP contribution in [0.1, 0.15) is 56.5 Å². The summed E-state index contributed by atoms with van der Waals surface area (Å²) in [5, 5.41) is 0. The first kappa shape index (κ1) is 21.6. The quantitative estimate of drug-likeness (QED) is 0.435. The lowest BCUT2D eigenvalue weighted by atomic mass is 10.1. The Morgan fingerprint density at radius 3 is 2.37 bits per heavy atom. The van der Waals surface area contributed by atoms with Crippen LogP contribution in [0.5, 0.6) is 0 Å². The highest BCUT2D eigenvalue weighted by Crippen LogP contribution is 2.21. The van der Waals surface area contributed by atoms with Crippen molar-refractivity contribution < 1.29 is 19.1 Å². The van der Waals surface area contributed by atoms with Crippen molar-refractivity contribution in [3.63, 3.8) is 0 Å². The van der Waals surface area contributed by atoms with Gasteiger partial charge < -0.3 is 14.0 Å². The minimum atomic E-state index is -0.563. The smallest absolute Gasteiger partial charge is 0.338 e. The van der Waals surface area contributed by atoms with Crippen LogP contribution in [0.25, 0.3) is 11.0 Å². The molecule has 0 unspecified atom stereocenters. The number of hydrogen-bond donors (Lipinski definition) is 0. The molecule has 0 saturated heterocycles. The number of hydrogen-bond acceptors (Lipinski definition) is 6. The molecule has 0 bridgehead atoms. The van der Waals surface area contributed by atoms with Gasteiger partial charge in [-0.05, 0) is 58.9 Å². The molecule has 2 heterocycles. The number of ether oxygens (including phenoxy) is 2. The molecule has 0 amide bonds. The number of methoxy groups -OCH3 is 1. The fourth-order valence-corrected chi connectivity index (χ4v) is 3.70. The van der Waals surface area contributed by atoms with E-state index < -0.39 is 5.97 Å². The Balaban J connectivity index is 1.73. The minimum absolute atomic E-state index is 0.102. The monoisotopic (exact) mass is 409 g/mol. The summed E-state index contributed by atoms with van der Waals surface area (Å²) >= 11 is 0. The Bertz CT molecular complexity index is 1120. The molecule has 0 aliphatic rings. The molecule has 3 rings (SSSR count). The predicted molar refractivity (Wildman–Crippen MR) is 114 cm³/mol. The van der Waals surface area contributed by atoms with Crippen LogP contribution >= 0.6 is 0 Å². The Labute approximate surface area is 176 Å². The highest BCUT2D eigenvalue weighted by atomic mass is 16.5. The molecular weight excluding hydrogens is 382 g/mol. The lowest BCUT2D eigenvalue weighted by Gasteiger charge is -2.17. The number of aromatic nitrogens is 3. The molecule has 0 saturated carbocycles. The van der Waals surface area contributed by atoms with E-state index in [9.17, 15) is 9.59 Å². The molecule has 158 valence electrons. The zero-order chi connectivity index (χ0) is 22.0. The zero-order valence-electron chi connectivity index (χ0n) is 18.3. The van der Waals surface area contributed by atoms with Crippen molar-refractivity contribution in [3.8, 4) is 0 Å². The summed E-state index contributed by atoms with van der Waals surface area (Å²) in [5.74, 6) is -0.800. The van der Waals surface area contributed by atoms with E-state index in [0.29, 0.717) is 28.8 Å². The van der Waals surface area contributed by atoms with Gasteiger partial charge in [0.1, 0.15) is 0 Å². The Morgan fingerprint density at radius 2 is 1.70 bits per heavy atom. The van der Waals surface area contributed by atoms with Gasteiger partial charge in [0.2, 0.25) is 5.78 Å². The number of rotatable bonds is 7. The molecular formula is C23H27N3O4. The highest BCUT2D eigenvalue weighted by Gasteiger charge is 2.20. The molecule has 3 aromatic rings. The van der Waals surface area contributed by atoms with E-state index in [-0.39, 0.29) is 18.4 Å². The van der Waals surface area contributed by atoms with Gasteiger partial charge in [0.15, 0.2) is 6.61 Å². The van der Waals surface area contributed by atoms with E-state index in [2.05, 4.69) is 14.5 Å². The first-order valence-corrected chi connectivity index (χ1v) is 9.85. The number of Topliss-reactive ketones (excluding diaryl/α,β-unsaturated/α-hetero) is 1. The van der Waals surface area contributed by atoms with Crippen molar-refractivity contribution in [1.82, 2.24) is 14.5 Å². The van der Waals surface area contributed by atoms with E-state index in [1.807, 2.05) is 40.7 Å². The number of ketones is 1. The van der Waals surface area contributed by atoms with Gasteiger partial charge >= 0.3 is 5.97 Å². The standard InChI is InChI=1S/C23H27N3O4/c1-13-9-19(17(5)26(13)14(2)11-29-6)22(27)12-30-23(28)18-7-8-20-21(10-18)25-16(4)15(3)24-20/h7-10,14H,11-12H2,1-6H3/t14-/m0/s1. The number of esters is 1. The van der Waals surface area contributed by atoms with Crippen LogP contribution < -0.4 is 0 Å². The molecule has 7 nitrogen and oxygen atoms in total. The average Bonchev–Trinajstić information content (AvgIpc) is 3.00. The fourth-order valence-electron chi connectivity index (χ4n) is 3.70. The first-order valence-electron chi connectivity index (χ1n) is 9.85. The predicted octanol–water partition coefficient (Wildman–Crippen LogP) is 3.91. The molecule has 1 aromatic carbocycles. The molecule has 0 spiro atoms. The van der Waals surface area contributed by atoms with Crippen molar-refractivity contribution >= 4 is 22.8 Å². The maximum absolute atomic E-state index is 12.7. The van der Waals surface area contributed by atoms with Crippen molar-refractivity contribution in [2.45, 2.75) is 40.7 Å². The van der Waals surface area contributed by atoms with E-state index >= 15 is 0 Å². The maximum atomic E-state index is 12.7. The van der Waals surface area contributed by atoms with Crippen LogP contribution in [0.15, 0.2) is 24.3 Å². The summed E-state index contributed by atoms with van der Waals surface area (Å²) in [4.78, 5) is 34.1. The summed E-state index contributed by atoms with van der Waals surface area (Å²) in [6, 6.07) is 6.94. The van der Waals surface area contributed by atoms with Crippen LogP contribution in [-0.4, -0.2) is 46.6 Å². The number of aryl methyl sites for hydroxylation is 3. The van der Waals surface area contributed by atoms with E-state index in [0.717, 1.165) is 22.8 Å². The fraction of sp³-hybridized carbons (Fsp3) is 0.391. The molecule has 1 atom stereocenters. The van der Waals surface area contributed by atoms with Crippen LogP contribution in [-0.2, 0) is 9.47 Å². The molecule has 7 heteroatoms. The molecule has 0 N–H and O–H groups in total. The number of nitrogens with zero attached hydrogens (tertiary/aromatic N) is 3. The van der Waals surface area contributed by atoms with Crippen LogP contribution in [0.2, 0.25) is 0 Å². The lowest BCUT2D eigenvalue weighted by molar-refractivity contribution is 0.0474. The second kappa shape index (κ2) is 8.75. The van der Waals surface area contributed by atoms with Crippen LogP contribution in [0.4, 0.5) is 0 Å². The van der Waals surface area contributed by atoms with Gasteiger partial charge in [-0.2, -0.15) is 0 Å². The number of benzene rings is 1.